The first kappa shape index (κ1) is 70.6. The van der Waals surface area contributed by atoms with Crippen LogP contribution in [0, 0.1) is 0 Å². The molecule has 1 amide bonds. The molecule has 2 unspecified atom stereocenters. The van der Waals surface area contributed by atoms with E-state index in [2.05, 4.69) is 43.5 Å². The number of aliphatic hydroxyl groups is 2. The van der Waals surface area contributed by atoms with E-state index in [-0.39, 0.29) is 12.5 Å². The molecule has 0 saturated heterocycles. The zero-order valence-electron chi connectivity index (χ0n) is 49.2. The Morgan fingerprint density at radius 3 is 0.806 bits per heavy atom. The van der Waals surface area contributed by atoms with Gasteiger partial charge in [-0.25, -0.2) is 0 Å². The second kappa shape index (κ2) is 63.9. The molecule has 3 N–H and O–H groups in total. The Kier molecular flexibility index (Phi) is 62.7. The molecule has 0 heterocycles. The van der Waals surface area contributed by atoms with Crippen molar-refractivity contribution in [1.82, 2.24) is 5.32 Å². The Labute approximate surface area is 452 Å². The van der Waals surface area contributed by atoms with Crippen molar-refractivity contribution in [2.24, 2.45) is 0 Å². The maximum atomic E-state index is 12.5. The third kappa shape index (κ3) is 59.5. The van der Waals surface area contributed by atoms with Crippen LogP contribution in [-0.2, 0) is 4.79 Å². The molecule has 4 heteroatoms. The van der Waals surface area contributed by atoms with Crippen LogP contribution in [0.3, 0.4) is 0 Å². The van der Waals surface area contributed by atoms with E-state index in [1.165, 1.54) is 321 Å². The van der Waals surface area contributed by atoms with Crippen molar-refractivity contribution in [3.63, 3.8) is 0 Å². The number of aliphatic hydroxyl groups excluding tert-OH is 2. The van der Waals surface area contributed by atoms with Gasteiger partial charge < -0.3 is 15.5 Å². The topological polar surface area (TPSA) is 69.6 Å². The van der Waals surface area contributed by atoms with Crippen LogP contribution >= 0.6 is 0 Å². The minimum absolute atomic E-state index is 0.0659. The average molecular weight is 1010 g/mol. The van der Waals surface area contributed by atoms with Crippen LogP contribution in [0.4, 0.5) is 0 Å². The first-order valence-corrected chi connectivity index (χ1v) is 33.2. The Balaban J connectivity index is 3.42. The van der Waals surface area contributed by atoms with Gasteiger partial charge in [0.05, 0.1) is 18.8 Å². The largest absolute Gasteiger partial charge is 0.394 e. The molecule has 426 valence electrons. The molecule has 0 aliphatic carbocycles. The van der Waals surface area contributed by atoms with Crippen LogP contribution in [0.15, 0.2) is 36.5 Å². The van der Waals surface area contributed by atoms with Crippen LogP contribution in [0.2, 0.25) is 0 Å². The van der Waals surface area contributed by atoms with E-state index in [9.17, 15) is 15.0 Å². The molecule has 0 aromatic heterocycles. The Bertz CT molecular complexity index is 1100. The monoisotopic (exact) mass is 1010 g/mol. The van der Waals surface area contributed by atoms with Crippen molar-refractivity contribution in [3.8, 4) is 0 Å². The maximum absolute atomic E-state index is 12.5. The maximum Gasteiger partial charge on any atom is 0.220 e. The fraction of sp³-hybridized carbons (Fsp3) is 0.897. The molecule has 2 atom stereocenters. The lowest BCUT2D eigenvalue weighted by atomic mass is 10.0. The summed E-state index contributed by atoms with van der Waals surface area (Å²) in [6.45, 7) is 4.34. The summed E-state index contributed by atoms with van der Waals surface area (Å²) >= 11 is 0. The predicted octanol–water partition coefficient (Wildman–Crippen LogP) is 22.4. The minimum Gasteiger partial charge on any atom is -0.394 e. The number of allylic oxidation sites excluding steroid dienone is 5. The number of carbonyl (C=O) groups is 1. The minimum atomic E-state index is -0.862. The summed E-state index contributed by atoms with van der Waals surface area (Å²) in [5.41, 5.74) is 0. The Morgan fingerprint density at radius 2 is 0.542 bits per heavy atom. The molecule has 0 fully saturated rings. The quantitative estimate of drug-likeness (QED) is 0.0420. The van der Waals surface area contributed by atoms with Crippen molar-refractivity contribution < 1.29 is 15.0 Å². The van der Waals surface area contributed by atoms with E-state index in [1.54, 1.807) is 6.08 Å². The van der Waals surface area contributed by atoms with Gasteiger partial charge in [-0.3, -0.25) is 4.79 Å². The molecule has 0 aliphatic rings. The molecule has 0 bridgehead atoms. The van der Waals surface area contributed by atoms with Gasteiger partial charge in [0.2, 0.25) is 5.91 Å². The summed E-state index contributed by atoms with van der Waals surface area (Å²) < 4.78 is 0. The molecule has 0 spiro atoms. The highest BCUT2D eigenvalue weighted by molar-refractivity contribution is 5.76. The third-order valence-corrected chi connectivity index (χ3v) is 15.6. The van der Waals surface area contributed by atoms with Crippen LogP contribution in [0.1, 0.15) is 373 Å². The summed E-state index contributed by atoms with van der Waals surface area (Å²) in [5, 5.41) is 23.2. The lowest BCUT2D eigenvalue weighted by Gasteiger charge is -2.19. The van der Waals surface area contributed by atoms with E-state index < -0.39 is 12.1 Å². The fourth-order valence-electron chi connectivity index (χ4n) is 10.5. The average Bonchev–Trinajstić information content (AvgIpc) is 3.39. The van der Waals surface area contributed by atoms with Gasteiger partial charge in [-0.2, -0.15) is 0 Å². The van der Waals surface area contributed by atoms with Gasteiger partial charge in [-0.05, 0) is 57.8 Å². The van der Waals surface area contributed by atoms with E-state index >= 15 is 0 Å². The van der Waals surface area contributed by atoms with E-state index in [4.69, 9.17) is 0 Å². The molecule has 0 aromatic rings. The predicted molar refractivity (Wildman–Crippen MR) is 322 cm³/mol. The molecule has 0 aliphatic heterocycles. The van der Waals surface area contributed by atoms with Crippen LogP contribution in [-0.4, -0.2) is 34.9 Å². The summed E-state index contributed by atoms with van der Waals surface area (Å²) in [6.07, 6.45) is 88.0. The number of hydrogen-bond donors (Lipinski definition) is 3. The zero-order valence-corrected chi connectivity index (χ0v) is 49.2. The second-order valence-electron chi connectivity index (χ2n) is 22.9. The van der Waals surface area contributed by atoms with E-state index in [0.29, 0.717) is 6.42 Å². The molecular weight excluding hydrogens is 879 g/mol. The Morgan fingerprint density at radius 1 is 0.319 bits per heavy atom. The van der Waals surface area contributed by atoms with Gasteiger partial charge in [0.25, 0.3) is 0 Å². The number of rotatable bonds is 62. The summed E-state index contributed by atoms with van der Waals surface area (Å²) in [6, 6.07) is -0.638. The fourth-order valence-corrected chi connectivity index (χ4v) is 10.5. The van der Waals surface area contributed by atoms with Crippen molar-refractivity contribution in [2.75, 3.05) is 6.61 Å². The van der Waals surface area contributed by atoms with Gasteiger partial charge >= 0.3 is 0 Å². The molecule has 4 nitrogen and oxygen atoms in total. The molecule has 0 rings (SSSR count). The normalized spacial score (nSPS) is 12.9. The second-order valence-corrected chi connectivity index (χ2v) is 22.9. The van der Waals surface area contributed by atoms with Crippen molar-refractivity contribution in [1.29, 1.82) is 0 Å². The smallest absolute Gasteiger partial charge is 0.220 e. The highest BCUT2D eigenvalue weighted by Gasteiger charge is 2.18. The molecule has 0 aromatic carbocycles. The lowest BCUT2D eigenvalue weighted by molar-refractivity contribution is -0.123. The van der Waals surface area contributed by atoms with Gasteiger partial charge in [0.1, 0.15) is 0 Å². The number of nitrogens with one attached hydrogen (secondary N) is 1. The first-order chi connectivity index (χ1) is 35.7. The molecule has 72 heavy (non-hydrogen) atoms. The lowest BCUT2D eigenvalue weighted by Crippen LogP contribution is -2.45. The van der Waals surface area contributed by atoms with Crippen LogP contribution < -0.4 is 5.32 Å². The van der Waals surface area contributed by atoms with Crippen LogP contribution in [0.5, 0.6) is 0 Å². The summed E-state index contributed by atoms with van der Waals surface area (Å²) in [5.74, 6) is -0.0659. The van der Waals surface area contributed by atoms with Crippen molar-refractivity contribution in [2.45, 2.75) is 386 Å². The number of hydrogen-bond acceptors (Lipinski definition) is 3. The summed E-state index contributed by atoms with van der Waals surface area (Å²) in [4.78, 5) is 12.5. The third-order valence-electron chi connectivity index (χ3n) is 15.6. The van der Waals surface area contributed by atoms with Gasteiger partial charge in [0, 0.05) is 6.42 Å². The number of unbranched alkanes of at least 4 members (excludes halogenated alkanes) is 51. The molecular formula is C68H131NO3. The molecule has 0 radical (unpaired) electrons. The SMILES string of the molecule is CCCCCCCCCC/C=C\CCCCCCCCCCCCCCCCCCCCCCCCCCCC(=O)NC(CO)C(O)/C=C/CC/C=C/CCCCCCCCCCCCCCCCCCC. The summed E-state index contributed by atoms with van der Waals surface area (Å²) in [7, 11) is 0. The standard InChI is InChI=1S/C68H131NO3/c1-3-5-7-9-11-13-15-17-19-21-23-25-27-28-29-30-31-32-33-34-35-36-37-38-39-40-42-44-46-48-50-52-54-56-58-60-62-64-68(72)69-66(65-70)67(71)63-61-59-57-55-53-51-49-47-45-43-41-26-24-22-20-18-16-14-12-10-8-6-4-2/h21,23,53,55,61,63,66-67,70-71H,3-20,22,24-52,54,56-60,62,64-65H2,1-2H3,(H,69,72)/b23-21-,55-53+,63-61+. The zero-order chi connectivity index (χ0) is 52.0. The number of amides is 1. The highest BCUT2D eigenvalue weighted by atomic mass is 16.3. The highest BCUT2D eigenvalue weighted by Crippen LogP contribution is 2.18. The van der Waals surface area contributed by atoms with Gasteiger partial charge in [0.15, 0.2) is 0 Å². The van der Waals surface area contributed by atoms with Crippen molar-refractivity contribution in [3.05, 3.63) is 36.5 Å². The van der Waals surface area contributed by atoms with Crippen LogP contribution in [0.25, 0.3) is 0 Å². The number of carbonyl (C=O) groups excluding carboxylic acids is 1. The van der Waals surface area contributed by atoms with Crippen molar-refractivity contribution >= 4 is 5.91 Å². The Hall–Kier alpha value is -1.39. The van der Waals surface area contributed by atoms with E-state index in [1.807, 2.05) is 6.08 Å². The molecule has 0 saturated carbocycles. The van der Waals surface area contributed by atoms with Gasteiger partial charge in [-0.1, -0.05) is 346 Å². The first-order valence-electron chi connectivity index (χ1n) is 33.2. The van der Waals surface area contributed by atoms with Gasteiger partial charge in [-0.15, -0.1) is 0 Å². The van der Waals surface area contributed by atoms with E-state index in [0.717, 1.165) is 32.1 Å².